The zero-order valence-corrected chi connectivity index (χ0v) is 12.6. The van der Waals surface area contributed by atoms with E-state index < -0.39 is 22.8 Å². The van der Waals surface area contributed by atoms with Crippen molar-refractivity contribution in [3.05, 3.63) is 11.4 Å². The molecule has 1 aromatic rings. The molecule has 122 valence electrons. The third-order valence-electron chi connectivity index (χ3n) is 2.74. The number of ether oxygens (including phenoxy) is 1. The smallest absolute Gasteiger partial charge is 0.370 e. The minimum absolute atomic E-state index is 0.0295. The molecular formula is C11H18F3N3O3S. The molecule has 2 N–H and O–H groups in total. The van der Waals surface area contributed by atoms with Crippen LogP contribution in [-0.4, -0.2) is 37.6 Å². The number of primary sulfonamides is 1. The largest absolute Gasteiger partial charge is 0.411 e. The first-order valence-electron chi connectivity index (χ1n) is 6.36. The second kappa shape index (κ2) is 6.75. The predicted octanol–water partition coefficient (Wildman–Crippen LogP) is 1.23. The van der Waals surface area contributed by atoms with Gasteiger partial charge in [0, 0.05) is 0 Å². The van der Waals surface area contributed by atoms with Gasteiger partial charge in [-0.05, 0) is 12.8 Å². The Kier molecular flexibility index (Phi) is 5.76. The van der Waals surface area contributed by atoms with Crippen LogP contribution in [0.5, 0.6) is 0 Å². The van der Waals surface area contributed by atoms with E-state index in [1.54, 1.807) is 13.8 Å². The van der Waals surface area contributed by atoms with Crippen LogP contribution >= 0.6 is 0 Å². The Hall–Kier alpha value is -1.13. The Labute approximate surface area is 121 Å². The van der Waals surface area contributed by atoms with Gasteiger partial charge in [-0.15, -0.1) is 0 Å². The zero-order valence-electron chi connectivity index (χ0n) is 11.8. The van der Waals surface area contributed by atoms with Crippen molar-refractivity contribution < 1.29 is 26.3 Å². The number of halogens is 3. The number of hydrogen-bond acceptors (Lipinski definition) is 4. The fourth-order valence-electron chi connectivity index (χ4n) is 1.96. The van der Waals surface area contributed by atoms with E-state index in [2.05, 4.69) is 9.84 Å². The summed E-state index contributed by atoms with van der Waals surface area (Å²) in [5.74, 6) is 0. The van der Waals surface area contributed by atoms with Crippen LogP contribution in [0.2, 0.25) is 0 Å². The molecule has 0 atom stereocenters. The van der Waals surface area contributed by atoms with Crippen LogP contribution < -0.4 is 5.14 Å². The van der Waals surface area contributed by atoms with E-state index >= 15 is 0 Å². The van der Waals surface area contributed by atoms with Crippen molar-refractivity contribution >= 4 is 10.0 Å². The summed E-state index contributed by atoms with van der Waals surface area (Å²) in [6.45, 7) is 1.90. The lowest BCUT2D eigenvalue weighted by molar-refractivity contribution is -0.174. The molecule has 21 heavy (non-hydrogen) atoms. The van der Waals surface area contributed by atoms with E-state index in [4.69, 9.17) is 5.14 Å². The molecule has 0 aliphatic carbocycles. The van der Waals surface area contributed by atoms with Gasteiger partial charge in [-0.1, -0.05) is 13.8 Å². The molecule has 0 aliphatic heterocycles. The van der Waals surface area contributed by atoms with Gasteiger partial charge in [0.15, 0.2) is 0 Å². The van der Waals surface area contributed by atoms with Crippen LogP contribution in [0.25, 0.3) is 0 Å². The van der Waals surface area contributed by atoms with Gasteiger partial charge in [0.25, 0.3) is 0 Å². The molecule has 0 amide bonds. The molecule has 0 unspecified atom stereocenters. The number of alkyl halides is 3. The fourth-order valence-corrected chi connectivity index (χ4v) is 3.05. The first kappa shape index (κ1) is 17.9. The third kappa shape index (κ3) is 4.97. The van der Waals surface area contributed by atoms with Crippen molar-refractivity contribution in [3.8, 4) is 0 Å². The van der Waals surface area contributed by atoms with Gasteiger partial charge >= 0.3 is 6.18 Å². The molecule has 1 aromatic heterocycles. The van der Waals surface area contributed by atoms with E-state index in [0.717, 1.165) is 0 Å². The third-order valence-corrected chi connectivity index (χ3v) is 3.78. The van der Waals surface area contributed by atoms with Crippen LogP contribution in [-0.2, 0) is 34.1 Å². The van der Waals surface area contributed by atoms with Gasteiger partial charge in [0.05, 0.1) is 24.5 Å². The SMILES string of the molecule is CCc1nn(CCOCC(F)(F)F)c(CC)c1S(N)(=O)=O. The first-order chi connectivity index (χ1) is 9.60. The summed E-state index contributed by atoms with van der Waals surface area (Å²) in [6.07, 6.45) is -3.69. The summed E-state index contributed by atoms with van der Waals surface area (Å²) in [5.41, 5.74) is 0.690. The summed E-state index contributed by atoms with van der Waals surface area (Å²) in [5, 5.41) is 9.27. The van der Waals surface area contributed by atoms with Crippen LogP contribution in [0.15, 0.2) is 4.90 Å². The van der Waals surface area contributed by atoms with Gasteiger partial charge in [0.2, 0.25) is 10.0 Å². The van der Waals surface area contributed by atoms with Crippen molar-refractivity contribution in [2.24, 2.45) is 5.14 Å². The summed E-state index contributed by atoms with van der Waals surface area (Å²) < 4.78 is 65.0. The second-order valence-electron chi connectivity index (χ2n) is 4.37. The highest BCUT2D eigenvalue weighted by atomic mass is 32.2. The van der Waals surface area contributed by atoms with Crippen molar-refractivity contribution in [1.29, 1.82) is 0 Å². The van der Waals surface area contributed by atoms with E-state index in [1.165, 1.54) is 4.68 Å². The van der Waals surface area contributed by atoms with Gasteiger partial charge in [0.1, 0.15) is 11.5 Å². The summed E-state index contributed by atoms with van der Waals surface area (Å²) in [6, 6.07) is 0. The van der Waals surface area contributed by atoms with Crippen LogP contribution in [0.4, 0.5) is 13.2 Å². The molecule has 6 nitrogen and oxygen atoms in total. The molecule has 1 rings (SSSR count). The predicted molar refractivity (Wildman–Crippen MR) is 69.2 cm³/mol. The maximum Gasteiger partial charge on any atom is 0.411 e. The average molecular weight is 329 g/mol. The first-order valence-corrected chi connectivity index (χ1v) is 7.90. The van der Waals surface area contributed by atoms with Crippen LogP contribution in [0.3, 0.4) is 0 Å². The van der Waals surface area contributed by atoms with E-state index in [-0.39, 0.29) is 18.0 Å². The van der Waals surface area contributed by atoms with Crippen molar-refractivity contribution in [3.63, 3.8) is 0 Å². The zero-order chi connectivity index (χ0) is 16.3. The lowest BCUT2D eigenvalue weighted by Gasteiger charge is -2.09. The molecule has 1 heterocycles. The maximum atomic E-state index is 12.0. The Morgan fingerprint density at radius 2 is 1.90 bits per heavy atom. The highest BCUT2D eigenvalue weighted by Gasteiger charge is 2.28. The maximum absolute atomic E-state index is 12.0. The lowest BCUT2D eigenvalue weighted by atomic mass is 10.2. The van der Waals surface area contributed by atoms with E-state index in [1.807, 2.05) is 0 Å². The molecule has 0 bridgehead atoms. The number of nitrogens with two attached hydrogens (primary N) is 1. The normalized spacial score (nSPS) is 12.9. The average Bonchev–Trinajstić information content (AvgIpc) is 2.71. The van der Waals surface area contributed by atoms with Gasteiger partial charge in [-0.3, -0.25) is 4.68 Å². The summed E-state index contributed by atoms with van der Waals surface area (Å²) in [4.78, 5) is -0.0386. The molecular weight excluding hydrogens is 311 g/mol. The summed E-state index contributed by atoms with van der Waals surface area (Å²) >= 11 is 0. The quantitative estimate of drug-likeness (QED) is 0.762. The van der Waals surface area contributed by atoms with Gasteiger partial charge in [-0.25, -0.2) is 13.6 Å². The highest BCUT2D eigenvalue weighted by Crippen LogP contribution is 2.21. The Morgan fingerprint density at radius 3 is 2.33 bits per heavy atom. The van der Waals surface area contributed by atoms with Crippen molar-refractivity contribution in [2.45, 2.75) is 44.3 Å². The van der Waals surface area contributed by atoms with E-state index in [0.29, 0.717) is 24.2 Å². The lowest BCUT2D eigenvalue weighted by Crippen LogP contribution is -2.20. The standard InChI is InChI=1S/C11H18F3N3O3S/c1-3-8-10(21(15,18)19)9(4-2)17(16-8)5-6-20-7-11(12,13)14/h3-7H2,1-2H3,(H2,15,18,19). The number of aryl methyl sites for hydroxylation is 1. The molecule has 0 saturated heterocycles. The topological polar surface area (TPSA) is 87.2 Å². The molecule has 0 fully saturated rings. The number of hydrogen-bond donors (Lipinski definition) is 1. The molecule has 0 aromatic carbocycles. The molecule has 10 heteroatoms. The molecule has 0 saturated carbocycles. The molecule has 0 spiro atoms. The Balaban J connectivity index is 2.91. The second-order valence-corrected chi connectivity index (χ2v) is 5.86. The number of rotatable bonds is 7. The Morgan fingerprint density at radius 1 is 1.29 bits per heavy atom. The molecule has 0 aliphatic rings. The minimum atomic E-state index is -4.39. The fraction of sp³-hybridized carbons (Fsp3) is 0.727. The van der Waals surface area contributed by atoms with Gasteiger partial charge in [-0.2, -0.15) is 18.3 Å². The van der Waals surface area contributed by atoms with Crippen molar-refractivity contribution in [1.82, 2.24) is 9.78 Å². The minimum Gasteiger partial charge on any atom is -0.370 e. The van der Waals surface area contributed by atoms with Gasteiger partial charge < -0.3 is 4.74 Å². The van der Waals surface area contributed by atoms with E-state index in [9.17, 15) is 21.6 Å². The van der Waals surface area contributed by atoms with Crippen LogP contribution in [0, 0.1) is 0 Å². The number of nitrogens with zero attached hydrogens (tertiary/aromatic N) is 2. The highest BCUT2D eigenvalue weighted by molar-refractivity contribution is 7.89. The van der Waals surface area contributed by atoms with Crippen LogP contribution in [0.1, 0.15) is 25.2 Å². The summed E-state index contributed by atoms with van der Waals surface area (Å²) in [7, 11) is -3.93. The number of sulfonamides is 1. The number of aromatic nitrogens is 2. The van der Waals surface area contributed by atoms with Crippen molar-refractivity contribution in [2.75, 3.05) is 13.2 Å². The molecule has 0 radical (unpaired) electrons. The monoisotopic (exact) mass is 329 g/mol. The Bertz CT molecular complexity index is 582.